The van der Waals surface area contributed by atoms with E-state index in [9.17, 15) is 9.59 Å². The monoisotopic (exact) mass is 342 g/mol. The number of hydrogen-bond donors (Lipinski definition) is 0. The van der Waals surface area contributed by atoms with E-state index in [4.69, 9.17) is 4.74 Å². The van der Waals surface area contributed by atoms with Crippen LogP contribution in [0.2, 0.25) is 0 Å². The van der Waals surface area contributed by atoms with Gasteiger partial charge in [-0.2, -0.15) is 0 Å². The summed E-state index contributed by atoms with van der Waals surface area (Å²) in [5, 5.41) is 0. The van der Waals surface area contributed by atoms with Crippen LogP contribution in [0, 0.1) is 12.8 Å². The molecule has 2 aliphatic rings. The maximum absolute atomic E-state index is 13.0. The fourth-order valence-corrected chi connectivity index (χ4v) is 3.73. The maximum atomic E-state index is 13.0. The lowest BCUT2D eigenvalue weighted by Gasteiger charge is -2.29. The summed E-state index contributed by atoms with van der Waals surface area (Å²) in [6.45, 7) is 3.96. The van der Waals surface area contributed by atoms with Gasteiger partial charge >= 0.3 is 0 Å². The Morgan fingerprint density at radius 2 is 2.08 bits per heavy atom. The zero-order valence-electron chi connectivity index (χ0n) is 14.5. The molecule has 132 valence electrons. The fourth-order valence-electron chi connectivity index (χ4n) is 3.73. The molecule has 0 spiro atoms. The Bertz CT molecular complexity index is 831. The van der Waals surface area contributed by atoms with Crippen molar-refractivity contribution in [2.45, 2.75) is 19.5 Å². The predicted octanol–water partition coefficient (Wildman–Crippen LogP) is 0.660. The van der Waals surface area contributed by atoms with Gasteiger partial charge in [-0.05, 0) is 19.1 Å². The van der Waals surface area contributed by atoms with E-state index >= 15 is 0 Å². The Morgan fingerprint density at radius 1 is 1.28 bits per heavy atom. The lowest BCUT2D eigenvalue weighted by Crippen LogP contribution is -2.46. The minimum atomic E-state index is -0.276. The number of nitrogens with zero attached hydrogens (tertiary/aromatic N) is 4. The van der Waals surface area contributed by atoms with Gasteiger partial charge in [-0.25, -0.2) is 4.98 Å². The summed E-state index contributed by atoms with van der Waals surface area (Å²) >= 11 is 0. The van der Waals surface area contributed by atoms with Crippen LogP contribution in [0.4, 0.5) is 0 Å². The van der Waals surface area contributed by atoms with Crippen molar-refractivity contribution in [2.75, 3.05) is 33.4 Å². The van der Waals surface area contributed by atoms with Crippen molar-refractivity contribution in [1.82, 2.24) is 19.4 Å². The summed E-state index contributed by atoms with van der Waals surface area (Å²) in [7, 11) is 1.80. The fraction of sp³-hybridized carbons (Fsp3) is 0.500. The molecule has 7 heteroatoms. The van der Waals surface area contributed by atoms with Crippen molar-refractivity contribution in [3.63, 3.8) is 0 Å². The van der Waals surface area contributed by atoms with E-state index < -0.39 is 0 Å². The van der Waals surface area contributed by atoms with Gasteiger partial charge in [0.15, 0.2) is 0 Å². The van der Waals surface area contributed by atoms with Crippen LogP contribution in [-0.2, 0) is 20.9 Å². The number of amides is 2. The summed E-state index contributed by atoms with van der Waals surface area (Å²) in [6.07, 6.45) is 0. The minimum Gasteiger partial charge on any atom is -0.378 e. The van der Waals surface area contributed by atoms with E-state index in [1.807, 2.05) is 40.7 Å². The van der Waals surface area contributed by atoms with E-state index in [0.717, 1.165) is 16.9 Å². The zero-order valence-corrected chi connectivity index (χ0v) is 14.5. The average Bonchev–Trinajstić information content (AvgIpc) is 2.75. The van der Waals surface area contributed by atoms with Gasteiger partial charge in [0.25, 0.3) is 0 Å². The van der Waals surface area contributed by atoms with Crippen LogP contribution in [-0.4, -0.2) is 70.6 Å². The van der Waals surface area contributed by atoms with Crippen LogP contribution in [0.3, 0.4) is 0 Å². The topological polar surface area (TPSA) is 67.7 Å². The molecule has 0 N–H and O–H groups in total. The second-order valence-corrected chi connectivity index (χ2v) is 6.87. The first kappa shape index (κ1) is 16.1. The number of imidazole rings is 1. The number of fused-ring (bicyclic) bond motifs is 4. The first-order chi connectivity index (χ1) is 12.0. The summed E-state index contributed by atoms with van der Waals surface area (Å²) < 4.78 is 7.54. The van der Waals surface area contributed by atoms with Crippen molar-refractivity contribution >= 4 is 22.8 Å². The number of hydrogen-bond acceptors (Lipinski definition) is 4. The van der Waals surface area contributed by atoms with Gasteiger partial charge < -0.3 is 19.1 Å². The van der Waals surface area contributed by atoms with Crippen LogP contribution in [0.15, 0.2) is 24.3 Å². The first-order valence-electron chi connectivity index (χ1n) is 8.58. The molecule has 3 heterocycles. The molecule has 2 aromatic rings. The second kappa shape index (κ2) is 6.15. The molecule has 1 aromatic carbocycles. The van der Waals surface area contributed by atoms with Crippen molar-refractivity contribution < 1.29 is 14.3 Å². The molecule has 2 bridgehead atoms. The van der Waals surface area contributed by atoms with E-state index in [-0.39, 0.29) is 30.3 Å². The molecule has 2 fully saturated rings. The quantitative estimate of drug-likeness (QED) is 0.804. The third kappa shape index (κ3) is 2.78. The third-order valence-electron chi connectivity index (χ3n) is 5.24. The number of para-hydroxylation sites is 2. The smallest absolute Gasteiger partial charge is 0.242 e. The highest BCUT2D eigenvalue weighted by Gasteiger charge is 2.38. The highest BCUT2D eigenvalue weighted by molar-refractivity contribution is 5.84. The van der Waals surface area contributed by atoms with Crippen LogP contribution in [0.1, 0.15) is 5.82 Å². The number of aryl methyl sites for hydroxylation is 1. The molecule has 4 rings (SSSR count). The van der Waals surface area contributed by atoms with Gasteiger partial charge in [0, 0.05) is 20.1 Å². The molecule has 0 saturated carbocycles. The molecule has 0 radical (unpaired) electrons. The van der Waals surface area contributed by atoms with Gasteiger partial charge in [0.05, 0.1) is 36.2 Å². The van der Waals surface area contributed by atoms with Gasteiger partial charge in [0.1, 0.15) is 12.4 Å². The lowest BCUT2D eigenvalue weighted by atomic mass is 10.1. The van der Waals surface area contributed by atoms with Crippen LogP contribution in [0.25, 0.3) is 11.0 Å². The third-order valence-corrected chi connectivity index (χ3v) is 5.24. The molecule has 2 aliphatic heterocycles. The van der Waals surface area contributed by atoms with E-state index in [1.165, 1.54) is 0 Å². The van der Waals surface area contributed by atoms with Gasteiger partial charge in [-0.15, -0.1) is 0 Å². The van der Waals surface area contributed by atoms with E-state index in [0.29, 0.717) is 26.3 Å². The van der Waals surface area contributed by atoms with E-state index in [1.54, 1.807) is 11.9 Å². The molecule has 1 aromatic heterocycles. The molecule has 7 nitrogen and oxygen atoms in total. The molecule has 0 aliphatic carbocycles. The molecular formula is C18H22N4O3. The number of rotatable bonds is 2. The number of likely N-dealkylation sites (N-methyl/N-ethyl adjacent to an activating group) is 1. The van der Waals surface area contributed by atoms with Crippen molar-refractivity contribution in [1.29, 1.82) is 0 Å². The predicted molar refractivity (Wildman–Crippen MR) is 91.9 cm³/mol. The van der Waals surface area contributed by atoms with Gasteiger partial charge in [-0.3, -0.25) is 9.59 Å². The number of carbonyl (C=O) groups is 2. The largest absolute Gasteiger partial charge is 0.378 e. The molecule has 0 unspecified atom stereocenters. The molecule has 2 atom stereocenters. The summed E-state index contributed by atoms with van der Waals surface area (Å²) in [5.41, 5.74) is 1.85. The average molecular weight is 342 g/mol. The minimum absolute atomic E-state index is 0.0197. The summed E-state index contributed by atoms with van der Waals surface area (Å²) in [4.78, 5) is 33.5. The zero-order chi connectivity index (χ0) is 17.6. The van der Waals surface area contributed by atoms with Crippen LogP contribution in [0.5, 0.6) is 0 Å². The first-order valence-corrected chi connectivity index (χ1v) is 8.58. The van der Waals surface area contributed by atoms with Crippen molar-refractivity contribution in [2.24, 2.45) is 5.92 Å². The highest BCUT2D eigenvalue weighted by Crippen LogP contribution is 2.21. The normalized spacial score (nSPS) is 23.8. The molecule has 2 saturated heterocycles. The lowest BCUT2D eigenvalue weighted by molar-refractivity contribution is -0.134. The molecule has 25 heavy (non-hydrogen) atoms. The second-order valence-electron chi connectivity index (χ2n) is 6.87. The Morgan fingerprint density at radius 3 is 2.92 bits per heavy atom. The number of benzene rings is 1. The van der Waals surface area contributed by atoms with Crippen LogP contribution < -0.4 is 0 Å². The van der Waals surface area contributed by atoms with Crippen molar-refractivity contribution in [3.8, 4) is 0 Å². The number of aromatic nitrogens is 2. The SMILES string of the molecule is Cc1nc2ccccc2n1CC(=O)N1C[C@@H]2COC[C@H](C1)N(C)C2=O. The van der Waals surface area contributed by atoms with E-state index in [2.05, 4.69) is 4.98 Å². The Labute approximate surface area is 146 Å². The van der Waals surface area contributed by atoms with Gasteiger partial charge in [0.2, 0.25) is 11.8 Å². The Balaban J connectivity index is 1.59. The summed E-state index contributed by atoms with van der Waals surface area (Å²) in [6, 6.07) is 7.74. The Hall–Kier alpha value is -2.41. The number of carbonyl (C=O) groups excluding carboxylic acids is 2. The standard InChI is InChI=1S/C18H22N4O3/c1-12-19-15-5-3-4-6-16(15)22(12)9-17(23)21-7-13-10-25-11-14(8-21)20(2)18(13)24/h3-6,13-14H,7-11H2,1-2H3/t13-,14+/m1/s1. The van der Waals surface area contributed by atoms with Gasteiger partial charge in [-0.1, -0.05) is 12.1 Å². The molecular weight excluding hydrogens is 320 g/mol. The number of ether oxygens (including phenoxy) is 1. The Kier molecular flexibility index (Phi) is 3.95. The highest BCUT2D eigenvalue weighted by atomic mass is 16.5. The molecule has 2 amide bonds. The van der Waals surface area contributed by atoms with Crippen LogP contribution >= 0.6 is 0 Å². The van der Waals surface area contributed by atoms with Crippen molar-refractivity contribution in [3.05, 3.63) is 30.1 Å². The summed E-state index contributed by atoms with van der Waals surface area (Å²) in [5.74, 6) is 0.636. The maximum Gasteiger partial charge on any atom is 0.242 e.